The number of hydrazine groups is 1. The maximum Gasteiger partial charge on any atom is 0.337 e. The molecule has 0 aromatic heterocycles. The van der Waals surface area contributed by atoms with Gasteiger partial charge in [-0.05, 0) is 30.2 Å². The van der Waals surface area contributed by atoms with Crippen LogP contribution in [0.15, 0.2) is 66.7 Å². The molecule has 3 N–H and O–H groups in total. The Hall–Kier alpha value is -3.80. The first-order chi connectivity index (χ1) is 17.0. The van der Waals surface area contributed by atoms with Gasteiger partial charge >= 0.3 is 5.97 Å². The van der Waals surface area contributed by atoms with Gasteiger partial charge in [0.2, 0.25) is 5.91 Å². The molecule has 1 amide bonds. The summed E-state index contributed by atoms with van der Waals surface area (Å²) in [7, 11) is 0. The smallest absolute Gasteiger partial charge is 0.337 e. The molecular formula is C29H33N3O3. The van der Waals surface area contributed by atoms with Crippen LogP contribution < -0.4 is 15.8 Å². The number of nitrogens with zero attached hydrogens (tertiary/aromatic N) is 1. The summed E-state index contributed by atoms with van der Waals surface area (Å²) in [4.78, 5) is 24.5. The second-order valence-corrected chi connectivity index (χ2v) is 9.09. The van der Waals surface area contributed by atoms with Crippen molar-refractivity contribution < 1.29 is 14.7 Å². The van der Waals surface area contributed by atoms with Crippen molar-refractivity contribution in [3.8, 4) is 11.1 Å². The highest BCUT2D eigenvalue weighted by Gasteiger charge is 2.33. The summed E-state index contributed by atoms with van der Waals surface area (Å²) in [5, 5.41) is 14.6. The molecule has 1 heterocycles. The molecule has 1 aliphatic rings. The van der Waals surface area contributed by atoms with Gasteiger partial charge in [-0.3, -0.25) is 15.2 Å². The topological polar surface area (TPSA) is 81.7 Å². The first-order valence-corrected chi connectivity index (χ1v) is 12.4. The van der Waals surface area contributed by atoms with E-state index in [-0.39, 0.29) is 17.4 Å². The van der Waals surface area contributed by atoms with Crippen LogP contribution in [0.25, 0.3) is 11.1 Å². The Kier molecular flexibility index (Phi) is 7.70. The predicted octanol–water partition coefficient (Wildman–Crippen LogP) is 6.75. The number of carboxylic acid groups (broad SMARTS) is 1. The number of aromatic carboxylic acids is 1. The molecule has 182 valence electrons. The van der Waals surface area contributed by atoms with E-state index >= 15 is 0 Å². The molecule has 0 fully saturated rings. The molecule has 4 rings (SSSR count). The van der Waals surface area contributed by atoms with Gasteiger partial charge in [-0.1, -0.05) is 88.1 Å². The number of anilines is 3. The maximum absolute atomic E-state index is 12.8. The molecule has 0 spiro atoms. The van der Waals surface area contributed by atoms with Crippen LogP contribution in [0.1, 0.15) is 61.9 Å². The van der Waals surface area contributed by atoms with E-state index in [1.54, 1.807) is 18.2 Å². The lowest BCUT2D eigenvalue weighted by atomic mass is 9.92. The Morgan fingerprint density at radius 3 is 2.43 bits per heavy atom. The molecule has 1 atom stereocenters. The van der Waals surface area contributed by atoms with E-state index in [1.165, 1.54) is 19.3 Å². The number of hydrogen-bond acceptors (Lipinski definition) is 4. The highest BCUT2D eigenvalue weighted by molar-refractivity contribution is 6.00. The summed E-state index contributed by atoms with van der Waals surface area (Å²) in [6.07, 6.45) is 5.53. The van der Waals surface area contributed by atoms with Crippen molar-refractivity contribution >= 4 is 28.9 Å². The minimum atomic E-state index is -0.985. The van der Waals surface area contributed by atoms with Crippen LogP contribution in [0.5, 0.6) is 0 Å². The summed E-state index contributed by atoms with van der Waals surface area (Å²) in [6.45, 7) is 4.61. The van der Waals surface area contributed by atoms with Crippen LogP contribution in [0.2, 0.25) is 0 Å². The van der Waals surface area contributed by atoms with E-state index in [9.17, 15) is 14.7 Å². The van der Waals surface area contributed by atoms with Crippen molar-refractivity contribution in [2.45, 2.75) is 52.5 Å². The number of carbonyl (C=O) groups excluding carboxylic acids is 1. The highest BCUT2D eigenvalue weighted by atomic mass is 16.4. The van der Waals surface area contributed by atoms with Crippen molar-refractivity contribution in [3.63, 3.8) is 0 Å². The number of amides is 1. The van der Waals surface area contributed by atoms with Gasteiger partial charge in [0.05, 0.1) is 22.6 Å². The Morgan fingerprint density at radius 1 is 0.943 bits per heavy atom. The van der Waals surface area contributed by atoms with Gasteiger partial charge in [-0.15, -0.1) is 0 Å². The normalized spacial score (nSPS) is 12.6. The summed E-state index contributed by atoms with van der Waals surface area (Å²) in [6, 6.07) is 21.0. The van der Waals surface area contributed by atoms with Gasteiger partial charge in [0.1, 0.15) is 0 Å². The first kappa shape index (κ1) is 24.3. The third-order valence-corrected chi connectivity index (χ3v) is 6.57. The van der Waals surface area contributed by atoms with Crippen molar-refractivity contribution in [1.29, 1.82) is 0 Å². The van der Waals surface area contributed by atoms with E-state index in [0.717, 1.165) is 40.9 Å². The van der Waals surface area contributed by atoms with E-state index in [0.29, 0.717) is 12.2 Å². The molecule has 0 saturated carbocycles. The number of rotatable bonds is 12. The summed E-state index contributed by atoms with van der Waals surface area (Å²) in [5.74, 6) is -0.936. The van der Waals surface area contributed by atoms with Crippen LogP contribution in [0, 0.1) is 5.92 Å². The molecule has 0 radical (unpaired) electrons. The Balaban J connectivity index is 1.55. The van der Waals surface area contributed by atoms with Gasteiger partial charge in [-0.25, -0.2) is 4.79 Å². The predicted molar refractivity (Wildman–Crippen MR) is 141 cm³/mol. The van der Waals surface area contributed by atoms with Crippen molar-refractivity contribution in [3.05, 3.63) is 77.9 Å². The molecule has 0 aliphatic carbocycles. The highest BCUT2D eigenvalue weighted by Crippen LogP contribution is 2.50. The van der Waals surface area contributed by atoms with Crippen molar-refractivity contribution in [1.82, 2.24) is 5.32 Å². The molecule has 6 heteroatoms. The first-order valence-electron chi connectivity index (χ1n) is 12.4. The summed E-state index contributed by atoms with van der Waals surface area (Å²) in [5.41, 5.74) is 9.00. The average molecular weight is 472 g/mol. The summed E-state index contributed by atoms with van der Waals surface area (Å²) >= 11 is 0. The number of hydrogen-bond donors (Lipinski definition) is 3. The van der Waals surface area contributed by atoms with Gasteiger partial charge in [0.15, 0.2) is 0 Å². The number of carboxylic acids is 1. The minimum absolute atomic E-state index is 0.0211. The third kappa shape index (κ3) is 5.32. The molecule has 35 heavy (non-hydrogen) atoms. The van der Waals surface area contributed by atoms with Crippen LogP contribution in [0.4, 0.5) is 17.1 Å². The fraction of sp³-hybridized carbons (Fsp3) is 0.310. The Morgan fingerprint density at radius 2 is 1.69 bits per heavy atom. The second-order valence-electron chi connectivity index (χ2n) is 9.09. The molecule has 2 bridgehead atoms. The van der Waals surface area contributed by atoms with E-state index in [4.69, 9.17) is 0 Å². The van der Waals surface area contributed by atoms with E-state index in [2.05, 4.69) is 23.7 Å². The van der Waals surface area contributed by atoms with Crippen LogP contribution in [0.3, 0.4) is 0 Å². The fourth-order valence-electron chi connectivity index (χ4n) is 4.54. The minimum Gasteiger partial charge on any atom is -0.478 e. The van der Waals surface area contributed by atoms with Crippen LogP contribution >= 0.6 is 0 Å². The molecule has 1 aliphatic heterocycles. The van der Waals surface area contributed by atoms with E-state index < -0.39 is 5.97 Å². The molecule has 6 nitrogen and oxygen atoms in total. The zero-order valence-corrected chi connectivity index (χ0v) is 20.4. The Labute approximate surface area is 207 Å². The molecular weight excluding hydrogens is 438 g/mol. The monoisotopic (exact) mass is 471 g/mol. The van der Waals surface area contributed by atoms with Crippen molar-refractivity contribution in [2.75, 3.05) is 10.4 Å². The molecule has 3 aromatic carbocycles. The number of fused-ring (bicyclic) bond motifs is 2. The molecule has 0 saturated heterocycles. The lowest BCUT2D eigenvalue weighted by molar-refractivity contribution is -0.124. The van der Waals surface area contributed by atoms with Crippen LogP contribution in [-0.2, 0) is 11.3 Å². The van der Waals surface area contributed by atoms with Crippen molar-refractivity contribution in [2.24, 2.45) is 5.92 Å². The number of carbonyl (C=O) groups is 2. The standard InChI is InChI=1S/C29H33N3O3/c1-3-4-5-7-12-20(2)28(33)30-19-24-26-18-17-22(21-13-8-6-9-14-21)27(24)32(26)31-25-16-11-10-15-23(25)29(34)35/h6,8-11,13-18,20,31H,3-5,7,12,19H2,1-2H3,(H,30,33)(H,34,35). The third-order valence-electron chi connectivity index (χ3n) is 6.57. The average Bonchev–Trinajstić information content (AvgIpc) is 2.89. The lowest BCUT2D eigenvalue weighted by Gasteiger charge is -2.41. The maximum atomic E-state index is 12.8. The molecule has 3 aromatic rings. The second kappa shape index (κ2) is 11.1. The van der Waals surface area contributed by atoms with E-state index in [1.807, 2.05) is 54.4 Å². The Bertz CT molecular complexity index is 1190. The lowest BCUT2D eigenvalue weighted by Crippen LogP contribution is -2.38. The zero-order chi connectivity index (χ0) is 24.8. The number of benzene rings is 3. The van der Waals surface area contributed by atoms with Crippen LogP contribution in [-0.4, -0.2) is 17.0 Å². The SMILES string of the molecule is CCCCCCC(C)C(=O)NCc1c2ccc(-c3ccccc3)c1N2Nc1ccccc1C(=O)O. The largest absolute Gasteiger partial charge is 0.478 e. The zero-order valence-electron chi connectivity index (χ0n) is 20.4. The van der Waals surface area contributed by atoms with Gasteiger partial charge in [0.25, 0.3) is 0 Å². The number of unbranched alkanes of at least 4 members (excludes halogenated alkanes) is 3. The fourth-order valence-corrected chi connectivity index (χ4v) is 4.54. The quantitative estimate of drug-likeness (QED) is 0.254. The molecule has 1 unspecified atom stereocenters. The van der Waals surface area contributed by atoms with Gasteiger partial charge < -0.3 is 10.4 Å². The number of para-hydroxylation sites is 1. The van der Waals surface area contributed by atoms with Gasteiger partial charge in [-0.2, -0.15) is 0 Å². The number of nitrogens with one attached hydrogen (secondary N) is 2. The summed E-state index contributed by atoms with van der Waals surface area (Å²) < 4.78 is 0. The van der Waals surface area contributed by atoms with Gasteiger partial charge in [0, 0.05) is 23.6 Å².